The van der Waals surface area contributed by atoms with Gasteiger partial charge in [-0.2, -0.15) is 10.4 Å². The lowest BCUT2D eigenvalue weighted by molar-refractivity contribution is 0.0689. The molecule has 0 aliphatic heterocycles. The zero-order valence-corrected chi connectivity index (χ0v) is 16.1. The number of aromatic nitrogens is 2. The first-order chi connectivity index (χ1) is 13.4. The van der Waals surface area contributed by atoms with E-state index in [9.17, 15) is 9.18 Å². The molecule has 0 fully saturated rings. The highest BCUT2D eigenvalue weighted by Gasteiger charge is 2.23. The predicted octanol–water partition coefficient (Wildman–Crippen LogP) is 4.24. The zero-order chi connectivity index (χ0) is 20.3. The van der Waals surface area contributed by atoms with Gasteiger partial charge in [-0.25, -0.2) is 9.07 Å². The molecule has 142 valence electrons. The molecule has 0 saturated heterocycles. The molecule has 3 rings (SSSR count). The number of hydrogen-bond donors (Lipinski definition) is 0. The molecule has 1 amide bonds. The summed E-state index contributed by atoms with van der Waals surface area (Å²) in [4.78, 5) is 15.0. The van der Waals surface area contributed by atoms with Gasteiger partial charge in [0.25, 0.3) is 5.91 Å². The summed E-state index contributed by atoms with van der Waals surface area (Å²) in [6.07, 6.45) is 1.55. The molecule has 1 aromatic heterocycles. The van der Waals surface area contributed by atoms with Crippen LogP contribution in [0.2, 0.25) is 0 Å². The van der Waals surface area contributed by atoms with E-state index < -0.39 is 0 Å². The Bertz CT molecular complexity index is 1010. The molecule has 0 N–H and O–H groups in total. The molecule has 0 aliphatic rings. The first kappa shape index (κ1) is 19.3. The maximum atomic E-state index is 13.2. The second kappa shape index (κ2) is 8.05. The Labute approximate surface area is 163 Å². The maximum Gasteiger partial charge on any atom is 0.257 e. The molecule has 6 heteroatoms. The average Bonchev–Trinajstić information content (AvgIpc) is 3.08. The summed E-state index contributed by atoms with van der Waals surface area (Å²) >= 11 is 0. The van der Waals surface area contributed by atoms with Gasteiger partial charge in [0.15, 0.2) is 0 Å². The molecule has 0 atom stereocenters. The van der Waals surface area contributed by atoms with Gasteiger partial charge in [-0.3, -0.25) is 4.79 Å². The normalized spacial score (nSPS) is 10.7. The minimum absolute atomic E-state index is 0.0169. The van der Waals surface area contributed by atoms with Crippen LogP contribution in [0, 0.1) is 24.1 Å². The van der Waals surface area contributed by atoms with Gasteiger partial charge >= 0.3 is 0 Å². The van der Waals surface area contributed by atoms with E-state index in [1.165, 1.54) is 12.1 Å². The van der Waals surface area contributed by atoms with Crippen molar-refractivity contribution >= 4 is 5.91 Å². The van der Waals surface area contributed by atoms with Gasteiger partial charge in [-0.15, -0.1) is 0 Å². The number of hydrogen-bond acceptors (Lipinski definition) is 3. The second-order valence-corrected chi connectivity index (χ2v) is 6.87. The molecule has 0 bridgehead atoms. The molecule has 0 saturated carbocycles. The van der Waals surface area contributed by atoms with Crippen LogP contribution in [0.5, 0.6) is 0 Å². The number of rotatable bonds is 5. The molecule has 0 aliphatic carbocycles. The Hall–Kier alpha value is -3.46. The van der Waals surface area contributed by atoms with Crippen LogP contribution < -0.4 is 0 Å². The van der Waals surface area contributed by atoms with Gasteiger partial charge in [-0.1, -0.05) is 12.1 Å². The van der Waals surface area contributed by atoms with E-state index in [-0.39, 0.29) is 17.8 Å². The van der Waals surface area contributed by atoms with Gasteiger partial charge in [0.05, 0.1) is 34.8 Å². The topological polar surface area (TPSA) is 61.9 Å². The molecule has 1 heterocycles. The second-order valence-electron chi connectivity index (χ2n) is 6.87. The number of nitriles is 1. The third-order valence-corrected chi connectivity index (χ3v) is 4.63. The van der Waals surface area contributed by atoms with Crippen LogP contribution in [0.15, 0.2) is 54.7 Å². The molecule has 0 unspecified atom stereocenters. The maximum absolute atomic E-state index is 13.2. The van der Waals surface area contributed by atoms with Crippen molar-refractivity contribution < 1.29 is 9.18 Å². The Balaban J connectivity index is 1.87. The Kier molecular flexibility index (Phi) is 5.55. The molecule has 28 heavy (non-hydrogen) atoms. The molecular weight excluding hydrogens is 355 g/mol. The van der Waals surface area contributed by atoms with Crippen LogP contribution >= 0.6 is 0 Å². The molecule has 3 aromatic rings. The third-order valence-electron chi connectivity index (χ3n) is 4.63. The van der Waals surface area contributed by atoms with Crippen molar-refractivity contribution in [2.24, 2.45) is 0 Å². The SMILES string of the molecule is Cc1c(C(=O)N(Cc2ccc(C#N)cc2)C(C)C)cnn1-c1ccc(F)cc1. The van der Waals surface area contributed by atoms with Crippen LogP contribution in [0.25, 0.3) is 5.69 Å². The molecular formula is C22H21FN4O. The highest BCUT2D eigenvalue weighted by Crippen LogP contribution is 2.19. The monoisotopic (exact) mass is 376 g/mol. The van der Waals surface area contributed by atoms with Crippen molar-refractivity contribution in [2.45, 2.75) is 33.4 Å². The van der Waals surface area contributed by atoms with E-state index >= 15 is 0 Å². The first-order valence-electron chi connectivity index (χ1n) is 9.01. The summed E-state index contributed by atoms with van der Waals surface area (Å²) in [6.45, 7) is 6.18. The number of carbonyl (C=O) groups is 1. The number of nitrogens with zero attached hydrogens (tertiary/aromatic N) is 4. The van der Waals surface area contributed by atoms with Crippen molar-refractivity contribution in [1.29, 1.82) is 5.26 Å². The minimum atomic E-state index is -0.321. The van der Waals surface area contributed by atoms with E-state index in [2.05, 4.69) is 11.2 Å². The average molecular weight is 376 g/mol. The van der Waals surface area contributed by atoms with Crippen LogP contribution in [-0.2, 0) is 6.54 Å². The van der Waals surface area contributed by atoms with Crippen molar-refractivity contribution in [3.05, 3.63) is 82.9 Å². The van der Waals surface area contributed by atoms with Gasteiger partial charge in [0.2, 0.25) is 0 Å². The Morgan fingerprint density at radius 2 is 1.82 bits per heavy atom. The molecule has 0 radical (unpaired) electrons. The number of halogens is 1. The highest BCUT2D eigenvalue weighted by molar-refractivity contribution is 5.95. The lowest BCUT2D eigenvalue weighted by atomic mass is 10.1. The van der Waals surface area contributed by atoms with Crippen molar-refractivity contribution in [3.63, 3.8) is 0 Å². The standard InChI is InChI=1S/C22H21FN4O/c1-15(2)26(14-18-6-4-17(12-24)5-7-18)22(28)21-13-25-27(16(21)3)20-10-8-19(23)9-11-20/h4-11,13,15H,14H2,1-3H3. The largest absolute Gasteiger partial charge is 0.332 e. The Morgan fingerprint density at radius 3 is 2.39 bits per heavy atom. The van der Waals surface area contributed by atoms with Gasteiger partial charge in [0.1, 0.15) is 5.82 Å². The fourth-order valence-electron chi connectivity index (χ4n) is 2.99. The van der Waals surface area contributed by atoms with E-state index in [0.717, 1.165) is 5.56 Å². The number of amides is 1. The van der Waals surface area contributed by atoms with Crippen molar-refractivity contribution in [1.82, 2.24) is 14.7 Å². The summed E-state index contributed by atoms with van der Waals surface area (Å²) in [5, 5.41) is 13.3. The summed E-state index contributed by atoms with van der Waals surface area (Å²) in [6, 6.07) is 15.3. The molecule has 5 nitrogen and oxygen atoms in total. The van der Waals surface area contributed by atoms with E-state index in [4.69, 9.17) is 5.26 Å². The predicted molar refractivity (Wildman–Crippen MR) is 104 cm³/mol. The van der Waals surface area contributed by atoms with Gasteiger partial charge in [0, 0.05) is 12.6 Å². The van der Waals surface area contributed by atoms with E-state index in [0.29, 0.717) is 29.1 Å². The van der Waals surface area contributed by atoms with Crippen LogP contribution in [0.3, 0.4) is 0 Å². The van der Waals surface area contributed by atoms with Crippen molar-refractivity contribution in [2.75, 3.05) is 0 Å². The third kappa shape index (κ3) is 3.94. The summed E-state index contributed by atoms with van der Waals surface area (Å²) < 4.78 is 14.8. The van der Waals surface area contributed by atoms with E-state index in [1.807, 2.05) is 32.9 Å². The quantitative estimate of drug-likeness (QED) is 0.669. The summed E-state index contributed by atoms with van der Waals surface area (Å²) in [5.41, 5.74) is 3.43. The van der Waals surface area contributed by atoms with Crippen LogP contribution in [0.1, 0.15) is 41.0 Å². The first-order valence-corrected chi connectivity index (χ1v) is 9.01. The smallest absolute Gasteiger partial charge is 0.257 e. The Morgan fingerprint density at radius 1 is 1.18 bits per heavy atom. The van der Waals surface area contributed by atoms with Gasteiger partial charge in [-0.05, 0) is 62.7 Å². The fourth-order valence-corrected chi connectivity index (χ4v) is 2.99. The zero-order valence-electron chi connectivity index (χ0n) is 16.1. The molecule has 2 aromatic carbocycles. The van der Waals surface area contributed by atoms with Crippen molar-refractivity contribution in [3.8, 4) is 11.8 Å². The van der Waals surface area contributed by atoms with E-state index in [1.54, 1.807) is 40.0 Å². The minimum Gasteiger partial charge on any atom is -0.332 e. The summed E-state index contributed by atoms with van der Waals surface area (Å²) in [7, 11) is 0. The number of carbonyl (C=O) groups excluding carboxylic acids is 1. The van der Waals surface area contributed by atoms with Gasteiger partial charge < -0.3 is 4.90 Å². The lowest BCUT2D eigenvalue weighted by Gasteiger charge is -2.27. The van der Waals surface area contributed by atoms with Crippen LogP contribution in [-0.4, -0.2) is 26.6 Å². The molecule has 0 spiro atoms. The van der Waals surface area contributed by atoms with Crippen LogP contribution in [0.4, 0.5) is 4.39 Å². The fraction of sp³-hybridized carbons (Fsp3) is 0.227. The highest BCUT2D eigenvalue weighted by atomic mass is 19.1. The number of benzene rings is 2. The summed E-state index contributed by atoms with van der Waals surface area (Å²) in [5.74, 6) is -0.441. The lowest BCUT2D eigenvalue weighted by Crippen LogP contribution is -2.36.